The van der Waals surface area contributed by atoms with Gasteiger partial charge in [0.2, 0.25) is 10.0 Å². The van der Waals surface area contributed by atoms with Crippen molar-refractivity contribution in [3.8, 4) is 17.2 Å². The first kappa shape index (κ1) is 23.2. The van der Waals surface area contributed by atoms with Gasteiger partial charge >= 0.3 is 0 Å². The van der Waals surface area contributed by atoms with Crippen LogP contribution in [0.5, 0.6) is 17.2 Å². The lowest BCUT2D eigenvalue weighted by molar-refractivity contribution is -0.121. The summed E-state index contributed by atoms with van der Waals surface area (Å²) in [5, 5.41) is 13.5. The number of hydrazone groups is 1. The molecule has 162 valence electrons. The van der Waals surface area contributed by atoms with Crippen LogP contribution in [0.3, 0.4) is 0 Å². The zero-order chi connectivity index (χ0) is 22.3. The number of rotatable bonds is 9. The van der Waals surface area contributed by atoms with Gasteiger partial charge in [-0.1, -0.05) is 6.07 Å². The number of carbonyl (C=O) groups is 1. The molecule has 0 saturated carbocycles. The second-order valence-corrected chi connectivity index (χ2v) is 8.38. The van der Waals surface area contributed by atoms with Gasteiger partial charge in [0.05, 0.1) is 26.5 Å². The summed E-state index contributed by atoms with van der Waals surface area (Å²) in [5.74, 6) is -0.127. The number of sulfonamides is 1. The minimum absolute atomic E-state index is 0.00329. The van der Waals surface area contributed by atoms with Gasteiger partial charge in [0, 0.05) is 7.05 Å². The lowest BCUT2D eigenvalue weighted by atomic mass is 10.2. The van der Waals surface area contributed by atoms with Crippen LogP contribution < -0.4 is 14.9 Å². The van der Waals surface area contributed by atoms with E-state index >= 15 is 0 Å². The van der Waals surface area contributed by atoms with Gasteiger partial charge in [-0.15, -0.1) is 0 Å². The van der Waals surface area contributed by atoms with Crippen molar-refractivity contribution in [1.29, 1.82) is 0 Å². The Morgan fingerprint density at radius 3 is 2.63 bits per heavy atom. The number of likely N-dealkylation sites (N-methyl/N-ethyl adjacent to an activating group) is 1. The van der Waals surface area contributed by atoms with Crippen LogP contribution in [0, 0.1) is 6.92 Å². The zero-order valence-electron chi connectivity index (χ0n) is 17.2. The first-order valence-corrected chi connectivity index (χ1v) is 10.5. The quantitative estimate of drug-likeness (QED) is 0.459. The summed E-state index contributed by atoms with van der Waals surface area (Å²) in [5.41, 5.74) is 3.61. The molecule has 0 unspecified atom stereocenters. The maximum Gasteiger partial charge on any atom is 0.255 e. The van der Waals surface area contributed by atoms with E-state index in [1.807, 2.05) is 0 Å². The molecule has 0 fully saturated rings. The molecule has 1 amide bonds. The number of amides is 1. The van der Waals surface area contributed by atoms with E-state index < -0.39 is 22.5 Å². The van der Waals surface area contributed by atoms with Crippen molar-refractivity contribution in [1.82, 2.24) is 9.73 Å². The molecule has 9 nitrogen and oxygen atoms in total. The van der Waals surface area contributed by atoms with Gasteiger partial charge in [0.15, 0.2) is 11.5 Å². The molecule has 0 spiro atoms. The molecule has 0 saturated heterocycles. The molecule has 2 aromatic rings. The smallest absolute Gasteiger partial charge is 0.255 e. The molecule has 2 rings (SSSR count). The fourth-order valence-electron chi connectivity index (χ4n) is 2.54. The van der Waals surface area contributed by atoms with Crippen molar-refractivity contribution in [3.05, 3.63) is 47.5 Å². The topological polar surface area (TPSA) is 118 Å². The van der Waals surface area contributed by atoms with Crippen LogP contribution in [0.15, 0.2) is 46.4 Å². The number of methoxy groups -OCH3 is 1. The minimum Gasteiger partial charge on any atom is -0.504 e. The van der Waals surface area contributed by atoms with E-state index in [1.54, 1.807) is 38.1 Å². The third-order valence-electron chi connectivity index (χ3n) is 4.06. The number of nitrogens with zero attached hydrogens (tertiary/aromatic N) is 2. The molecule has 0 aliphatic heterocycles. The number of phenolic OH excluding ortho intramolecular Hbond substituents is 1. The second-order valence-electron chi connectivity index (χ2n) is 6.37. The first-order chi connectivity index (χ1) is 14.2. The Bertz CT molecular complexity index is 1040. The van der Waals surface area contributed by atoms with Crippen LogP contribution in [0.2, 0.25) is 0 Å². The number of ether oxygens (including phenoxy) is 2. The molecule has 0 aliphatic carbocycles. The van der Waals surface area contributed by atoms with Gasteiger partial charge in [-0.2, -0.15) is 9.41 Å². The van der Waals surface area contributed by atoms with E-state index in [2.05, 4.69) is 10.5 Å². The maximum absolute atomic E-state index is 12.8. The zero-order valence-corrected chi connectivity index (χ0v) is 18.1. The standard InChI is InChI=1S/C20H25N3O6S/c1-5-29-18-11-15(7-8-16(18)24)12-21-22-20(25)13-23(3)30(26,27)19-10-14(2)6-9-17(19)28-4/h6-12,24H,5,13H2,1-4H3,(H,22,25)/b21-12+. The second kappa shape index (κ2) is 10.1. The van der Waals surface area contributed by atoms with Crippen LogP contribution in [-0.2, 0) is 14.8 Å². The molecule has 0 aromatic heterocycles. The molecular weight excluding hydrogens is 410 g/mol. The number of aromatic hydroxyl groups is 1. The average molecular weight is 436 g/mol. The number of hydrogen-bond donors (Lipinski definition) is 2. The Morgan fingerprint density at radius 1 is 1.23 bits per heavy atom. The predicted octanol–water partition coefficient (Wildman–Crippen LogP) is 1.88. The summed E-state index contributed by atoms with van der Waals surface area (Å²) in [4.78, 5) is 12.1. The van der Waals surface area contributed by atoms with Crippen LogP contribution in [-0.4, -0.2) is 57.3 Å². The highest BCUT2D eigenvalue weighted by Gasteiger charge is 2.26. The fourth-order valence-corrected chi connectivity index (χ4v) is 3.90. The Morgan fingerprint density at radius 2 is 1.97 bits per heavy atom. The van der Waals surface area contributed by atoms with Gasteiger partial charge in [0.25, 0.3) is 5.91 Å². The molecule has 0 aliphatic rings. The number of aryl methyl sites for hydroxylation is 1. The van der Waals surface area contributed by atoms with Gasteiger partial charge in [-0.05, 0) is 55.3 Å². The van der Waals surface area contributed by atoms with Crippen molar-refractivity contribution in [2.24, 2.45) is 5.10 Å². The largest absolute Gasteiger partial charge is 0.504 e. The highest BCUT2D eigenvalue weighted by Crippen LogP contribution is 2.27. The predicted molar refractivity (Wildman–Crippen MR) is 113 cm³/mol. The van der Waals surface area contributed by atoms with E-state index in [0.29, 0.717) is 17.9 Å². The highest BCUT2D eigenvalue weighted by atomic mass is 32.2. The van der Waals surface area contributed by atoms with Crippen LogP contribution in [0.4, 0.5) is 0 Å². The van der Waals surface area contributed by atoms with E-state index in [0.717, 1.165) is 9.87 Å². The number of nitrogens with one attached hydrogen (secondary N) is 1. The molecule has 10 heteroatoms. The third-order valence-corrected chi connectivity index (χ3v) is 5.88. The van der Waals surface area contributed by atoms with Crippen molar-refractivity contribution < 1.29 is 27.8 Å². The summed E-state index contributed by atoms with van der Waals surface area (Å²) >= 11 is 0. The Labute approximate surface area is 176 Å². The van der Waals surface area contributed by atoms with Crippen molar-refractivity contribution in [3.63, 3.8) is 0 Å². The molecular formula is C20H25N3O6S. The Balaban J connectivity index is 2.05. The van der Waals surface area contributed by atoms with Gasteiger partial charge in [-0.3, -0.25) is 4.79 Å². The summed E-state index contributed by atoms with van der Waals surface area (Å²) in [7, 11) is -1.26. The average Bonchev–Trinajstić information content (AvgIpc) is 2.70. The molecule has 2 N–H and O–H groups in total. The summed E-state index contributed by atoms with van der Waals surface area (Å²) in [6.45, 7) is 3.51. The SMILES string of the molecule is CCOc1cc(/C=N/NC(=O)CN(C)S(=O)(=O)c2cc(C)ccc2OC)ccc1O. The van der Waals surface area contributed by atoms with Crippen molar-refractivity contribution >= 4 is 22.1 Å². The lowest BCUT2D eigenvalue weighted by Crippen LogP contribution is -2.36. The number of benzene rings is 2. The Hall–Kier alpha value is -3.11. The molecule has 2 aromatic carbocycles. The van der Waals surface area contributed by atoms with Crippen molar-refractivity contribution in [2.75, 3.05) is 27.3 Å². The number of hydrogen-bond acceptors (Lipinski definition) is 7. The summed E-state index contributed by atoms with van der Waals surface area (Å²) in [6.07, 6.45) is 1.36. The summed E-state index contributed by atoms with van der Waals surface area (Å²) < 4.78 is 37.0. The number of phenols is 1. The third kappa shape index (κ3) is 5.71. The minimum atomic E-state index is -3.94. The molecule has 0 bridgehead atoms. The monoisotopic (exact) mass is 435 g/mol. The van der Waals surface area contributed by atoms with E-state index in [-0.39, 0.29) is 16.4 Å². The van der Waals surface area contributed by atoms with E-state index in [4.69, 9.17) is 9.47 Å². The van der Waals surface area contributed by atoms with E-state index in [9.17, 15) is 18.3 Å². The van der Waals surface area contributed by atoms with Crippen molar-refractivity contribution in [2.45, 2.75) is 18.7 Å². The lowest BCUT2D eigenvalue weighted by Gasteiger charge is -2.18. The highest BCUT2D eigenvalue weighted by molar-refractivity contribution is 7.89. The first-order valence-electron chi connectivity index (χ1n) is 9.07. The molecule has 0 radical (unpaired) electrons. The number of carbonyl (C=O) groups excluding carboxylic acids is 1. The fraction of sp³-hybridized carbons (Fsp3) is 0.300. The normalized spacial score (nSPS) is 11.6. The van der Waals surface area contributed by atoms with E-state index in [1.165, 1.54) is 32.5 Å². The molecule has 0 atom stereocenters. The molecule has 0 heterocycles. The Kier molecular flexibility index (Phi) is 7.79. The molecule has 30 heavy (non-hydrogen) atoms. The summed E-state index contributed by atoms with van der Waals surface area (Å²) in [6, 6.07) is 9.39. The van der Waals surface area contributed by atoms with Crippen LogP contribution in [0.1, 0.15) is 18.1 Å². The van der Waals surface area contributed by atoms with Crippen LogP contribution >= 0.6 is 0 Å². The maximum atomic E-state index is 12.8. The van der Waals surface area contributed by atoms with Crippen LogP contribution in [0.25, 0.3) is 0 Å². The van der Waals surface area contributed by atoms with Gasteiger partial charge in [0.1, 0.15) is 10.6 Å². The van der Waals surface area contributed by atoms with Gasteiger partial charge < -0.3 is 14.6 Å². The van der Waals surface area contributed by atoms with Gasteiger partial charge in [-0.25, -0.2) is 13.8 Å².